The van der Waals surface area contributed by atoms with Crippen molar-refractivity contribution in [2.75, 3.05) is 6.61 Å². The number of nitrogens with one attached hydrogen (secondary N) is 1. The molecule has 1 aromatic heterocycles. The lowest BCUT2D eigenvalue weighted by molar-refractivity contribution is 0.0918. The van der Waals surface area contributed by atoms with Crippen molar-refractivity contribution in [1.82, 2.24) is 15.1 Å². The number of hydrogen-bond donors (Lipinski definition) is 1. The van der Waals surface area contributed by atoms with Gasteiger partial charge in [0, 0.05) is 17.7 Å². The van der Waals surface area contributed by atoms with Crippen LogP contribution >= 0.6 is 0 Å². The highest BCUT2D eigenvalue weighted by molar-refractivity contribution is 5.92. The van der Waals surface area contributed by atoms with Crippen LogP contribution in [0.2, 0.25) is 0 Å². The third-order valence-electron chi connectivity index (χ3n) is 4.02. The van der Waals surface area contributed by atoms with Gasteiger partial charge in [-0.05, 0) is 39.8 Å². The first-order chi connectivity index (χ1) is 10.9. The Morgan fingerprint density at radius 2 is 2.09 bits per heavy atom. The summed E-state index contributed by atoms with van der Waals surface area (Å²) in [6, 6.07) is 9.64. The monoisotopic (exact) mass is 313 g/mol. The molecule has 0 radical (unpaired) electrons. The van der Waals surface area contributed by atoms with E-state index in [9.17, 15) is 4.79 Å². The number of benzene rings is 1. The van der Waals surface area contributed by atoms with E-state index in [0.717, 1.165) is 23.4 Å². The Labute approximate surface area is 136 Å². The van der Waals surface area contributed by atoms with Crippen LogP contribution in [0.3, 0.4) is 0 Å². The third-order valence-corrected chi connectivity index (χ3v) is 4.02. The fraction of sp³-hybridized carbons (Fsp3) is 0.444. The lowest BCUT2D eigenvalue weighted by atomic mass is 10.0. The topological polar surface area (TPSA) is 56.1 Å². The summed E-state index contributed by atoms with van der Waals surface area (Å²) < 4.78 is 7.53. The van der Waals surface area contributed by atoms with Crippen molar-refractivity contribution in [2.24, 2.45) is 0 Å². The van der Waals surface area contributed by atoms with Gasteiger partial charge in [-0.1, -0.05) is 18.2 Å². The van der Waals surface area contributed by atoms with Gasteiger partial charge in [0.2, 0.25) is 0 Å². The van der Waals surface area contributed by atoms with Gasteiger partial charge in [0.25, 0.3) is 5.91 Å². The number of hydrogen-bond acceptors (Lipinski definition) is 3. The Kier molecular flexibility index (Phi) is 3.88. The highest BCUT2D eigenvalue weighted by atomic mass is 16.5. The Hall–Kier alpha value is -2.30. The number of ether oxygens (including phenoxy) is 1. The number of amides is 1. The minimum atomic E-state index is -0.145. The van der Waals surface area contributed by atoms with Gasteiger partial charge in [-0.25, -0.2) is 0 Å². The molecule has 1 amide bonds. The van der Waals surface area contributed by atoms with Crippen LogP contribution < -0.4 is 10.1 Å². The van der Waals surface area contributed by atoms with Gasteiger partial charge in [0.15, 0.2) is 0 Å². The molecule has 3 rings (SSSR count). The first-order valence-electron chi connectivity index (χ1n) is 7.96. The van der Waals surface area contributed by atoms with Gasteiger partial charge in [0.05, 0.1) is 18.2 Å². The van der Waals surface area contributed by atoms with E-state index >= 15 is 0 Å². The molecule has 0 spiro atoms. The van der Waals surface area contributed by atoms with E-state index in [0.29, 0.717) is 12.3 Å². The molecule has 0 unspecified atom stereocenters. The van der Waals surface area contributed by atoms with Gasteiger partial charge in [-0.3, -0.25) is 9.48 Å². The molecule has 2 aromatic rings. The van der Waals surface area contributed by atoms with Crippen LogP contribution in [-0.2, 0) is 5.54 Å². The molecule has 2 heterocycles. The lowest BCUT2D eigenvalue weighted by Crippen LogP contribution is -2.33. The number of fused-ring (bicyclic) bond motifs is 1. The summed E-state index contributed by atoms with van der Waals surface area (Å²) >= 11 is 0. The zero-order valence-electron chi connectivity index (χ0n) is 14.1. The zero-order chi connectivity index (χ0) is 16.6. The number of aryl methyl sites for hydroxylation is 1. The van der Waals surface area contributed by atoms with Crippen LogP contribution in [0.4, 0.5) is 0 Å². The summed E-state index contributed by atoms with van der Waals surface area (Å²) in [4.78, 5) is 12.6. The SMILES string of the molecule is Cc1cc(C(=O)N[C@H]2CCOc3ccccc32)nn1C(C)(C)C. The van der Waals surface area contributed by atoms with Crippen molar-refractivity contribution in [1.29, 1.82) is 0 Å². The fourth-order valence-electron chi connectivity index (χ4n) is 2.99. The molecule has 5 nitrogen and oxygen atoms in total. The van der Waals surface area contributed by atoms with Crippen LogP contribution in [0.1, 0.15) is 55.0 Å². The van der Waals surface area contributed by atoms with E-state index in [1.807, 2.05) is 41.9 Å². The Bertz CT molecular complexity index is 728. The molecule has 23 heavy (non-hydrogen) atoms. The molecule has 1 atom stereocenters. The van der Waals surface area contributed by atoms with Gasteiger partial charge in [0.1, 0.15) is 11.4 Å². The maximum Gasteiger partial charge on any atom is 0.272 e. The number of carbonyl (C=O) groups is 1. The summed E-state index contributed by atoms with van der Waals surface area (Å²) in [5.41, 5.74) is 2.32. The maximum atomic E-state index is 12.6. The number of nitrogens with zero attached hydrogens (tertiary/aromatic N) is 2. The lowest BCUT2D eigenvalue weighted by Gasteiger charge is -2.26. The maximum absolute atomic E-state index is 12.6. The van der Waals surface area contributed by atoms with Crippen molar-refractivity contribution in [3.63, 3.8) is 0 Å². The first-order valence-corrected chi connectivity index (χ1v) is 7.96. The van der Waals surface area contributed by atoms with Crippen LogP contribution in [0, 0.1) is 6.92 Å². The molecular weight excluding hydrogens is 290 g/mol. The molecule has 1 aromatic carbocycles. The molecule has 1 aliphatic heterocycles. The molecule has 0 fully saturated rings. The normalized spacial score (nSPS) is 17.3. The number of aromatic nitrogens is 2. The minimum absolute atomic E-state index is 0.0347. The second kappa shape index (κ2) is 5.72. The summed E-state index contributed by atoms with van der Waals surface area (Å²) in [6.07, 6.45) is 0.766. The predicted octanol–water partition coefficient (Wildman–Crippen LogP) is 3.20. The third kappa shape index (κ3) is 3.09. The first kappa shape index (κ1) is 15.6. The molecule has 1 aliphatic rings. The van der Waals surface area contributed by atoms with Crippen molar-refractivity contribution >= 4 is 5.91 Å². The Morgan fingerprint density at radius 3 is 2.78 bits per heavy atom. The zero-order valence-corrected chi connectivity index (χ0v) is 14.1. The van der Waals surface area contributed by atoms with Crippen LogP contribution in [-0.4, -0.2) is 22.3 Å². The minimum Gasteiger partial charge on any atom is -0.493 e. The van der Waals surface area contributed by atoms with E-state index in [4.69, 9.17) is 4.74 Å². The molecule has 0 bridgehead atoms. The predicted molar refractivity (Wildman–Crippen MR) is 88.7 cm³/mol. The molecular formula is C18H23N3O2. The second-order valence-corrected chi connectivity index (χ2v) is 6.95. The standard InChI is InChI=1S/C18H23N3O2/c1-12-11-15(20-21(12)18(2,3)4)17(22)19-14-9-10-23-16-8-6-5-7-13(14)16/h5-8,11,14H,9-10H2,1-4H3,(H,19,22)/t14-/m0/s1. The van der Waals surface area contributed by atoms with Crippen molar-refractivity contribution in [3.05, 3.63) is 47.3 Å². The second-order valence-electron chi connectivity index (χ2n) is 6.95. The number of para-hydroxylation sites is 1. The highest BCUT2D eigenvalue weighted by Gasteiger charge is 2.25. The van der Waals surface area contributed by atoms with Crippen LogP contribution in [0.5, 0.6) is 5.75 Å². The number of carbonyl (C=O) groups excluding carboxylic acids is 1. The van der Waals surface area contributed by atoms with Gasteiger partial charge in [-0.15, -0.1) is 0 Å². The summed E-state index contributed by atoms with van der Waals surface area (Å²) in [5.74, 6) is 0.707. The van der Waals surface area contributed by atoms with E-state index in [2.05, 4.69) is 31.2 Å². The van der Waals surface area contributed by atoms with Crippen molar-refractivity contribution < 1.29 is 9.53 Å². The molecule has 0 aliphatic carbocycles. The molecule has 0 saturated heterocycles. The molecule has 122 valence electrons. The van der Waals surface area contributed by atoms with Gasteiger partial charge < -0.3 is 10.1 Å². The van der Waals surface area contributed by atoms with E-state index < -0.39 is 0 Å². The quantitative estimate of drug-likeness (QED) is 0.926. The highest BCUT2D eigenvalue weighted by Crippen LogP contribution is 2.31. The van der Waals surface area contributed by atoms with Crippen molar-refractivity contribution in [2.45, 2.75) is 45.7 Å². The van der Waals surface area contributed by atoms with Crippen molar-refractivity contribution in [3.8, 4) is 5.75 Å². The summed E-state index contributed by atoms with van der Waals surface area (Å²) in [5, 5.41) is 7.56. The smallest absolute Gasteiger partial charge is 0.272 e. The Morgan fingerprint density at radius 1 is 1.35 bits per heavy atom. The summed E-state index contributed by atoms with van der Waals surface area (Å²) in [6.45, 7) is 8.80. The summed E-state index contributed by atoms with van der Waals surface area (Å²) in [7, 11) is 0. The number of rotatable bonds is 2. The van der Waals surface area contributed by atoms with E-state index in [-0.39, 0.29) is 17.5 Å². The van der Waals surface area contributed by atoms with Gasteiger partial charge in [-0.2, -0.15) is 5.10 Å². The Balaban J connectivity index is 1.81. The largest absolute Gasteiger partial charge is 0.493 e. The van der Waals surface area contributed by atoms with Crippen LogP contribution in [0.25, 0.3) is 0 Å². The van der Waals surface area contributed by atoms with E-state index in [1.54, 1.807) is 0 Å². The average Bonchev–Trinajstić information content (AvgIpc) is 2.90. The van der Waals surface area contributed by atoms with Gasteiger partial charge >= 0.3 is 0 Å². The fourth-order valence-corrected chi connectivity index (χ4v) is 2.99. The van der Waals surface area contributed by atoms with Crippen LogP contribution in [0.15, 0.2) is 30.3 Å². The molecule has 0 saturated carbocycles. The van der Waals surface area contributed by atoms with E-state index in [1.165, 1.54) is 0 Å². The average molecular weight is 313 g/mol. The molecule has 1 N–H and O–H groups in total. The molecule has 5 heteroatoms.